The van der Waals surface area contributed by atoms with Gasteiger partial charge in [0.15, 0.2) is 0 Å². The fraction of sp³-hybridized carbons (Fsp3) is 0.727. The summed E-state index contributed by atoms with van der Waals surface area (Å²) < 4.78 is 5.63. The fourth-order valence-corrected chi connectivity index (χ4v) is 1.74. The molecule has 1 aliphatic heterocycles. The van der Waals surface area contributed by atoms with E-state index in [2.05, 4.69) is 29.1 Å². The first kappa shape index (κ1) is 10.6. The molecule has 1 aliphatic rings. The zero-order chi connectivity index (χ0) is 10.7. The number of ether oxygens (including phenoxy) is 1. The molecule has 2 rings (SSSR count). The van der Waals surface area contributed by atoms with Gasteiger partial charge in [0.1, 0.15) is 5.82 Å². The average molecular weight is 209 g/mol. The second-order valence-corrected chi connectivity index (χ2v) is 4.34. The normalized spacial score (nSPS) is 22.2. The lowest BCUT2D eigenvalue weighted by molar-refractivity contribution is 0.0281. The van der Waals surface area contributed by atoms with Gasteiger partial charge in [0.25, 0.3) is 0 Å². The third-order valence-corrected chi connectivity index (χ3v) is 2.70. The molecule has 0 spiro atoms. The SMILES string of the molecule is CC(C)c1cnc(CC2CNCCO2)[nH]1. The van der Waals surface area contributed by atoms with Crippen molar-refractivity contribution in [3.05, 3.63) is 17.7 Å². The molecule has 0 saturated carbocycles. The minimum absolute atomic E-state index is 0.268. The van der Waals surface area contributed by atoms with Crippen molar-refractivity contribution in [3.8, 4) is 0 Å². The summed E-state index contributed by atoms with van der Waals surface area (Å²) in [5.74, 6) is 1.55. The van der Waals surface area contributed by atoms with E-state index < -0.39 is 0 Å². The Morgan fingerprint density at radius 1 is 1.60 bits per heavy atom. The molecule has 0 amide bonds. The molecule has 4 nitrogen and oxygen atoms in total. The van der Waals surface area contributed by atoms with Gasteiger partial charge in [-0.2, -0.15) is 0 Å². The van der Waals surface area contributed by atoms with Crippen LogP contribution in [0.1, 0.15) is 31.3 Å². The third kappa shape index (κ3) is 2.79. The maximum absolute atomic E-state index is 5.63. The molecule has 0 aromatic carbocycles. The summed E-state index contributed by atoms with van der Waals surface area (Å²) in [6, 6.07) is 0. The number of aromatic amines is 1. The van der Waals surface area contributed by atoms with Gasteiger partial charge in [-0.1, -0.05) is 13.8 Å². The highest BCUT2D eigenvalue weighted by Gasteiger charge is 2.15. The molecule has 2 heterocycles. The summed E-state index contributed by atoms with van der Waals surface area (Å²) in [6.07, 6.45) is 3.07. The van der Waals surface area contributed by atoms with Crippen molar-refractivity contribution in [2.24, 2.45) is 0 Å². The van der Waals surface area contributed by atoms with E-state index in [4.69, 9.17) is 4.74 Å². The lowest BCUT2D eigenvalue weighted by atomic mass is 10.1. The fourth-order valence-electron chi connectivity index (χ4n) is 1.74. The zero-order valence-corrected chi connectivity index (χ0v) is 9.42. The molecule has 1 aromatic heterocycles. The number of H-pyrrole nitrogens is 1. The maximum atomic E-state index is 5.63. The summed E-state index contributed by atoms with van der Waals surface area (Å²) in [4.78, 5) is 7.71. The van der Waals surface area contributed by atoms with Crippen LogP contribution in [0, 0.1) is 0 Å². The molecule has 1 unspecified atom stereocenters. The Morgan fingerprint density at radius 3 is 3.07 bits per heavy atom. The Hall–Kier alpha value is -0.870. The molecule has 1 saturated heterocycles. The van der Waals surface area contributed by atoms with E-state index in [0.717, 1.165) is 31.9 Å². The first-order valence-corrected chi connectivity index (χ1v) is 5.62. The third-order valence-electron chi connectivity index (χ3n) is 2.70. The van der Waals surface area contributed by atoms with Crippen LogP contribution in [0.4, 0.5) is 0 Å². The summed E-state index contributed by atoms with van der Waals surface area (Å²) in [5, 5.41) is 3.32. The molecule has 0 bridgehead atoms. The first-order valence-electron chi connectivity index (χ1n) is 5.62. The van der Waals surface area contributed by atoms with Crippen LogP contribution in [0.5, 0.6) is 0 Å². The molecule has 84 valence electrons. The van der Waals surface area contributed by atoms with Gasteiger partial charge in [0, 0.05) is 31.4 Å². The Labute approximate surface area is 90.4 Å². The number of nitrogens with one attached hydrogen (secondary N) is 2. The van der Waals surface area contributed by atoms with E-state index in [1.165, 1.54) is 5.69 Å². The first-order chi connectivity index (χ1) is 7.25. The van der Waals surface area contributed by atoms with Crippen LogP contribution in [0.15, 0.2) is 6.20 Å². The van der Waals surface area contributed by atoms with Gasteiger partial charge in [-0.15, -0.1) is 0 Å². The number of nitrogens with zero attached hydrogens (tertiary/aromatic N) is 1. The van der Waals surface area contributed by atoms with Crippen LogP contribution < -0.4 is 5.32 Å². The molecule has 0 radical (unpaired) electrons. The van der Waals surface area contributed by atoms with E-state index in [1.54, 1.807) is 0 Å². The lowest BCUT2D eigenvalue weighted by Gasteiger charge is -2.22. The number of rotatable bonds is 3. The number of hydrogen-bond donors (Lipinski definition) is 2. The maximum Gasteiger partial charge on any atom is 0.108 e. The van der Waals surface area contributed by atoms with Crippen molar-refractivity contribution >= 4 is 0 Å². The second kappa shape index (κ2) is 4.77. The lowest BCUT2D eigenvalue weighted by Crippen LogP contribution is -2.39. The predicted molar refractivity (Wildman–Crippen MR) is 59.0 cm³/mol. The van der Waals surface area contributed by atoms with Gasteiger partial charge < -0.3 is 15.0 Å². The highest BCUT2D eigenvalue weighted by atomic mass is 16.5. The smallest absolute Gasteiger partial charge is 0.108 e. The number of aromatic nitrogens is 2. The van der Waals surface area contributed by atoms with Crippen molar-refractivity contribution in [1.29, 1.82) is 0 Å². The summed E-state index contributed by atoms with van der Waals surface area (Å²) >= 11 is 0. The summed E-state index contributed by atoms with van der Waals surface area (Å²) in [5.41, 5.74) is 1.20. The van der Waals surface area contributed by atoms with Crippen molar-refractivity contribution < 1.29 is 4.74 Å². The average Bonchev–Trinajstić information content (AvgIpc) is 2.68. The Kier molecular flexibility index (Phi) is 3.38. The van der Waals surface area contributed by atoms with Crippen LogP contribution in [-0.2, 0) is 11.2 Å². The Balaban J connectivity index is 1.91. The van der Waals surface area contributed by atoms with Gasteiger partial charge in [-0.3, -0.25) is 0 Å². The van der Waals surface area contributed by atoms with E-state index in [1.807, 2.05) is 6.20 Å². The standard InChI is InChI=1S/C11H19N3O/c1-8(2)10-7-13-11(14-10)5-9-6-12-3-4-15-9/h7-9,12H,3-6H2,1-2H3,(H,13,14). The Bertz CT molecular complexity index is 303. The zero-order valence-electron chi connectivity index (χ0n) is 9.42. The number of imidazole rings is 1. The minimum atomic E-state index is 0.268. The second-order valence-electron chi connectivity index (χ2n) is 4.34. The largest absolute Gasteiger partial charge is 0.375 e. The van der Waals surface area contributed by atoms with Crippen molar-refractivity contribution in [3.63, 3.8) is 0 Å². The van der Waals surface area contributed by atoms with Crippen LogP contribution in [0.3, 0.4) is 0 Å². The van der Waals surface area contributed by atoms with Crippen molar-refractivity contribution in [2.45, 2.75) is 32.3 Å². The van der Waals surface area contributed by atoms with E-state index in [9.17, 15) is 0 Å². The van der Waals surface area contributed by atoms with Crippen LogP contribution in [0.2, 0.25) is 0 Å². The predicted octanol–water partition coefficient (Wildman–Crippen LogP) is 1.06. The molecule has 0 aliphatic carbocycles. The Morgan fingerprint density at radius 2 is 2.47 bits per heavy atom. The molecule has 2 N–H and O–H groups in total. The number of hydrogen-bond acceptors (Lipinski definition) is 3. The van der Waals surface area contributed by atoms with E-state index >= 15 is 0 Å². The molecule has 1 aromatic rings. The van der Waals surface area contributed by atoms with Crippen LogP contribution >= 0.6 is 0 Å². The topological polar surface area (TPSA) is 49.9 Å². The summed E-state index contributed by atoms with van der Waals surface area (Å²) in [7, 11) is 0. The van der Waals surface area contributed by atoms with Crippen LogP contribution in [-0.4, -0.2) is 35.8 Å². The van der Waals surface area contributed by atoms with Gasteiger partial charge in [-0.25, -0.2) is 4.98 Å². The quantitative estimate of drug-likeness (QED) is 0.782. The molecule has 1 atom stereocenters. The van der Waals surface area contributed by atoms with E-state index in [0.29, 0.717) is 5.92 Å². The monoisotopic (exact) mass is 209 g/mol. The number of morpholine rings is 1. The van der Waals surface area contributed by atoms with Crippen LogP contribution in [0.25, 0.3) is 0 Å². The minimum Gasteiger partial charge on any atom is -0.375 e. The van der Waals surface area contributed by atoms with Gasteiger partial charge in [-0.05, 0) is 5.92 Å². The van der Waals surface area contributed by atoms with Crippen molar-refractivity contribution in [2.75, 3.05) is 19.7 Å². The van der Waals surface area contributed by atoms with Gasteiger partial charge >= 0.3 is 0 Å². The highest BCUT2D eigenvalue weighted by Crippen LogP contribution is 2.12. The molecule has 4 heteroatoms. The molecular weight excluding hydrogens is 190 g/mol. The summed E-state index contributed by atoms with van der Waals surface area (Å²) in [6.45, 7) is 7.03. The van der Waals surface area contributed by atoms with Gasteiger partial charge in [0.2, 0.25) is 0 Å². The molecule has 15 heavy (non-hydrogen) atoms. The molecule has 1 fully saturated rings. The highest BCUT2D eigenvalue weighted by molar-refractivity contribution is 5.06. The van der Waals surface area contributed by atoms with Gasteiger partial charge in [0.05, 0.1) is 12.7 Å². The van der Waals surface area contributed by atoms with E-state index in [-0.39, 0.29) is 6.10 Å². The van der Waals surface area contributed by atoms with Crippen molar-refractivity contribution in [1.82, 2.24) is 15.3 Å². The molecular formula is C11H19N3O.